The van der Waals surface area contributed by atoms with Crippen molar-refractivity contribution >= 4 is 16.9 Å². The van der Waals surface area contributed by atoms with Crippen LogP contribution in [-0.4, -0.2) is 10.9 Å². The van der Waals surface area contributed by atoms with Gasteiger partial charge >= 0.3 is 0 Å². The molecule has 2 heterocycles. The van der Waals surface area contributed by atoms with Gasteiger partial charge in [-0.25, -0.2) is 0 Å². The lowest BCUT2D eigenvalue weighted by Gasteiger charge is -2.12. The summed E-state index contributed by atoms with van der Waals surface area (Å²) >= 11 is 0. The molecule has 0 aliphatic carbocycles. The van der Waals surface area contributed by atoms with Crippen LogP contribution >= 0.6 is 0 Å². The molecular formula is C18H18N2O3. The van der Waals surface area contributed by atoms with E-state index in [-0.39, 0.29) is 11.6 Å². The van der Waals surface area contributed by atoms with Crippen LogP contribution in [0.2, 0.25) is 0 Å². The fourth-order valence-electron chi connectivity index (χ4n) is 2.70. The molecule has 0 aliphatic heterocycles. The molecule has 0 saturated carbocycles. The number of carbonyl (C=O) groups is 1. The standard InChI is InChI=1S/C18H18N2O3/c1-10-8-9-14(17(21)19-10)18(22)20-12(3)16-11(2)13-6-4-5-7-15(13)23-16/h4-9,12H,1-3H3,(H,19,21)(H,20,22)/t12-/m0/s1. The molecule has 0 fully saturated rings. The fraction of sp³-hybridized carbons (Fsp3) is 0.222. The third-order valence-corrected chi connectivity index (χ3v) is 3.92. The summed E-state index contributed by atoms with van der Waals surface area (Å²) in [6.45, 7) is 5.57. The molecule has 5 heteroatoms. The molecule has 0 unspecified atom stereocenters. The Balaban J connectivity index is 1.88. The first kappa shape index (κ1) is 15.1. The molecule has 2 aromatic heterocycles. The second-order valence-electron chi connectivity index (χ2n) is 5.67. The SMILES string of the molecule is Cc1ccc(C(=O)N[C@@H](C)c2oc3ccccc3c2C)c(=O)[nH]1. The molecule has 3 aromatic rings. The van der Waals surface area contributed by atoms with Crippen molar-refractivity contribution in [2.45, 2.75) is 26.8 Å². The minimum absolute atomic E-state index is 0.0937. The first-order valence-corrected chi connectivity index (χ1v) is 7.46. The van der Waals surface area contributed by atoms with Gasteiger partial charge in [-0.2, -0.15) is 0 Å². The highest BCUT2D eigenvalue weighted by Crippen LogP contribution is 2.29. The van der Waals surface area contributed by atoms with Crippen molar-refractivity contribution in [2.24, 2.45) is 0 Å². The Hall–Kier alpha value is -2.82. The molecule has 3 rings (SSSR count). The number of aromatic amines is 1. The van der Waals surface area contributed by atoms with Gasteiger partial charge in [-0.1, -0.05) is 18.2 Å². The van der Waals surface area contributed by atoms with Gasteiger partial charge in [-0.05, 0) is 39.0 Å². The summed E-state index contributed by atoms with van der Waals surface area (Å²) < 4.78 is 5.85. The van der Waals surface area contributed by atoms with Crippen molar-refractivity contribution in [1.29, 1.82) is 0 Å². The highest BCUT2D eigenvalue weighted by atomic mass is 16.3. The molecule has 0 bridgehead atoms. The number of benzene rings is 1. The van der Waals surface area contributed by atoms with E-state index in [0.29, 0.717) is 11.5 Å². The third-order valence-electron chi connectivity index (χ3n) is 3.92. The van der Waals surface area contributed by atoms with E-state index in [0.717, 1.165) is 16.5 Å². The zero-order valence-electron chi connectivity index (χ0n) is 13.3. The van der Waals surface area contributed by atoms with Gasteiger partial charge in [-0.15, -0.1) is 0 Å². The quantitative estimate of drug-likeness (QED) is 0.780. The van der Waals surface area contributed by atoms with E-state index < -0.39 is 11.5 Å². The zero-order valence-corrected chi connectivity index (χ0v) is 13.3. The lowest BCUT2D eigenvalue weighted by molar-refractivity contribution is 0.0934. The van der Waals surface area contributed by atoms with Crippen molar-refractivity contribution in [3.63, 3.8) is 0 Å². The second-order valence-corrected chi connectivity index (χ2v) is 5.67. The predicted molar refractivity (Wildman–Crippen MR) is 88.6 cm³/mol. The molecule has 0 spiro atoms. The van der Waals surface area contributed by atoms with Gasteiger partial charge in [0, 0.05) is 16.6 Å². The number of aryl methyl sites for hydroxylation is 2. The molecule has 0 saturated heterocycles. The number of amides is 1. The summed E-state index contributed by atoms with van der Waals surface area (Å²) in [5.74, 6) is 0.279. The Morgan fingerprint density at radius 3 is 2.61 bits per heavy atom. The number of fused-ring (bicyclic) bond motifs is 1. The summed E-state index contributed by atoms with van der Waals surface area (Å²) in [5, 5.41) is 3.85. The Bertz CT molecular complexity index is 937. The van der Waals surface area contributed by atoms with Crippen molar-refractivity contribution in [2.75, 3.05) is 0 Å². The number of para-hydroxylation sites is 1. The minimum atomic E-state index is -0.418. The summed E-state index contributed by atoms with van der Waals surface area (Å²) in [4.78, 5) is 26.8. The molecule has 0 radical (unpaired) electrons. The summed E-state index contributed by atoms with van der Waals surface area (Å²) in [5.41, 5.74) is 2.19. The van der Waals surface area contributed by atoms with Crippen LogP contribution in [0.4, 0.5) is 0 Å². The topological polar surface area (TPSA) is 75.1 Å². The minimum Gasteiger partial charge on any atom is -0.459 e. The summed E-state index contributed by atoms with van der Waals surface area (Å²) in [6, 6.07) is 10.6. The lowest BCUT2D eigenvalue weighted by Crippen LogP contribution is -2.31. The van der Waals surface area contributed by atoms with Gasteiger partial charge in [0.25, 0.3) is 11.5 Å². The van der Waals surface area contributed by atoms with Crippen molar-refractivity contribution in [1.82, 2.24) is 10.3 Å². The summed E-state index contributed by atoms with van der Waals surface area (Å²) in [6.07, 6.45) is 0. The second kappa shape index (κ2) is 5.76. The van der Waals surface area contributed by atoms with E-state index in [9.17, 15) is 9.59 Å². The number of nitrogens with one attached hydrogen (secondary N) is 2. The highest BCUT2D eigenvalue weighted by molar-refractivity contribution is 5.94. The molecule has 1 atom stereocenters. The van der Waals surface area contributed by atoms with Crippen LogP contribution in [0.25, 0.3) is 11.0 Å². The molecule has 1 amide bonds. The van der Waals surface area contributed by atoms with Crippen LogP contribution in [0.5, 0.6) is 0 Å². The maximum absolute atomic E-state index is 12.3. The van der Waals surface area contributed by atoms with E-state index >= 15 is 0 Å². The molecule has 0 aliphatic rings. The lowest BCUT2D eigenvalue weighted by atomic mass is 10.1. The summed E-state index contributed by atoms with van der Waals surface area (Å²) in [7, 11) is 0. The van der Waals surface area contributed by atoms with Crippen molar-refractivity contribution < 1.29 is 9.21 Å². The van der Waals surface area contributed by atoms with E-state index in [2.05, 4.69) is 10.3 Å². The average molecular weight is 310 g/mol. The molecule has 118 valence electrons. The largest absolute Gasteiger partial charge is 0.459 e. The smallest absolute Gasteiger partial charge is 0.260 e. The van der Waals surface area contributed by atoms with Crippen LogP contribution in [0.15, 0.2) is 45.6 Å². The van der Waals surface area contributed by atoms with Crippen LogP contribution in [-0.2, 0) is 0 Å². The first-order chi connectivity index (χ1) is 11.0. The van der Waals surface area contributed by atoms with Crippen molar-refractivity contribution in [3.05, 3.63) is 69.3 Å². The van der Waals surface area contributed by atoms with Crippen LogP contribution in [0.1, 0.15) is 40.3 Å². The Labute approximate surface area is 133 Å². The molecule has 1 aromatic carbocycles. The fourth-order valence-corrected chi connectivity index (χ4v) is 2.70. The normalized spacial score (nSPS) is 12.3. The Morgan fingerprint density at radius 1 is 1.17 bits per heavy atom. The predicted octanol–water partition coefficient (Wildman–Crippen LogP) is 3.23. The number of aromatic nitrogens is 1. The van der Waals surface area contributed by atoms with Gasteiger partial charge in [0.1, 0.15) is 16.9 Å². The van der Waals surface area contributed by atoms with Gasteiger partial charge in [0.05, 0.1) is 6.04 Å². The molecular weight excluding hydrogens is 292 g/mol. The van der Waals surface area contributed by atoms with Crippen LogP contribution in [0.3, 0.4) is 0 Å². The average Bonchev–Trinajstić information content (AvgIpc) is 2.85. The third kappa shape index (κ3) is 2.77. The van der Waals surface area contributed by atoms with E-state index in [1.165, 1.54) is 6.07 Å². The maximum atomic E-state index is 12.3. The molecule has 23 heavy (non-hydrogen) atoms. The Morgan fingerprint density at radius 2 is 1.91 bits per heavy atom. The van der Waals surface area contributed by atoms with E-state index in [4.69, 9.17) is 4.42 Å². The number of furan rings is 1. The zero-order chi connectivity index (χ0) is 16.6. The maximum Gasteiger partial charge on any atom is 0.260 e. The molecule has 5 nitrogen and oxygen atoms in total. The van der Waals surface area contributed by atoms with Crippen molar-refractivity contribution in [3.8, 4) is 0 Å². The van der Waals surface area contributed by atoms with Gasteiger partial charge in [0.2, 0.25) is 0 Å². The van der Waals surface area contributed by atoms with Gasteiger partial charge < -0.3 is 14.7 Å². The molecule has 2 N–H and O–H groups in total. The number of hydrogen-bond donors (Lipinski definition) is 2. The van der Waals surface area contributed by atoms with E-state index in [1.54, 1.807) is 13.0 Å². The number of carbonyl (C=O) groups excluding carboxylic acids is 1. The number of pyridine rings is 1. The Kier molecular flexibility index (Phi) is 3.78. The van der Waals surface area contributed by atoms with Gasteiger partial charge in [0.15, 0.2) is 0 Å². The number of hydrogen-bond acceptors (Lipinski definition) is 3. The monoisotopic (exact) mass is 310 g/mol. The van der Waals surface area contributed by atoms with E-state index in [1.807, 2.05) is 38.1 Å². The first-order valence-electron chi connectivity index (χ1n) is 7.46. The highest BCUT2D eigenvalue weighted by Gasteiger charge is 2.20. The number of H-pyrrole nitrogens is 1. The number of rotatable bonds is 3. The van der Waals surface area contributed by atoms with Crippen LogP contribution < -0.4 is 10.9 Å². The van der Waals surface area contributed by atoms with Crippen LogP contribution in [0, 0.1) is 13.8 Å². The van der Waals surface area contributed by atoms with Gasteiger partial charge in [-0.3, -0.25) is 9.59 Å².